The van der Waals surface area contributed by atoms with E-state index in [0.717, 1.165) is 5.56 Å². The summed E-state index contributed by atoms with van der Waals surface area (Å²) in [6.45, 7) is 7.34. The van der Waals surface area contributed by atoms with Gasteiger partial charge in [-0.3, -0.25) is 0 Å². The molecule has 1 heterocycles. The zero-order valence-electron chi connectivity index (χ0n) is 11.0. The number of benzene rings is 1. The van der Waals surface area contributed by atoms with Gasteiger partial charge in [-0.2, -0.15) is 0 Å². The van der Waals surface area contributed by atoms with E-state index < -0.39 is 12.9 Å². The Morgan fingerprint density at radius 1 is 1.00 bits per heavy atom. The van der Waals surface area contributed by atoms with E-state index in [-0.39, 0.29) is 5.41 Å². The Morgan fingerprint density at radius 2 is 1.50 bits per heavy atom. The Labute approximate surface area is 108 Å². The molecule has 18 heavy (non-hydrogen) atoms. The lowest BCUT2D eigenvalue weighted by Crippen LogP contribution is -2.43. The van der Waals surface area contributed by atoms with Crippen LogP contribution in [0.15, 0.2) is 24.3 Å². The minimum atomic E-state index is -1.45. The first-order valence-electron chi connectivity index (χ1n) is 6.07. The van der Waals surface area contributed by atoms with Gasteiger partial charge in [0.1, 0.15) is 0 Å². The van der Waals surface area contributed by atoms with Crippen molar-refractivity contribution >= 4 is 12.6 Å². The Bertz CT molecular complexity index is 404. The van der Waals surface area contributed by atoms with E-state index in [2.05, 4.69) is 13.8 Å². The molecule has 98 valence electrons. The molecule has 0 aromatic heterocycles. The molecule has 0 bridgehead atoms. The predicted octanol–water partition coefficient (Wildman–Crippen LogP) is 0.612. The fraction of sp³-hybridized carbons (Fsp3) is 0.538. The van der Waals surface area contributed by atoms with Crippen molar-refractivity contribution in [3.05, 3.63) is 29.8 Å². The third kappa shape index (κ3) is 2.75. The number of hydrogen-bond donors (Lipinski definition) is 2. The van der Waals surface area contributed by atoms with E-state index in [1.165, 1.54) is 0 Å². The lowest BCUT2D eigenvalue weighted by atomic mass is 9.79. The van der Waals surface area contributed by atoms with Crippen LogP contribution in [0.2, 0.25) is 0 Å². The SMILES string of the molecule is CC1(C)COC(C)(c2ccc(B(O)O)cc2)OC1. The molecule has 0 amide bonds. The molecule has 1 aliphatic rings. The minimum Gasteiger partial charge on any atom is -0.423 e. The van der Waals surface area contributed by atoms with Crippen molar-refractivity contribution in [1.82, 2.24) is 0 Å². The fourth-order valence-electron chi connectivity index (χ4n) is 1.87. The second-order valence-electron chi connectivity index (χ2n) is 5.68. The van der Waals surface area contributed by atoms with Gasteiger partial charge in [0.25, 0.3) is 0 Å². The fourth-order valence-corrected chi connectivity index (χ4v) is 1.87. The summed E-state index contributed by atoms with van der Waals surface area (Å²) in [5.74, 6) is -0.755. The van der Waals surface area contributed by atoms with Crippen LogP contribution in [-0.2, 0) is 15.3 Å². The van der Waals surface area contributed by atoms with Gasteiger partial charge in [0.15, 0.2) is 5.79 Å². The van der Waals surface area contributed by atoms with Gasteiger partial charge < -0.3 is 19.5 Å². The van der Waals surface area contributed by atoms with E-state index in [1.807, 2.05) is 6.92 Å². The highest BCUT2D eigenvalue weighted by Crippen LogP contribution is 2.35. The van der Waals surface area contributed by atoms with Crippen molar-refractivity contribution in [2.45, 2.75) is 26.6 Å². The van der Waals surface area contributed by atoms with Crippen LogP contribution in [0.5, 0.6) is 0 Å². The number of ether oxygens (including phenoxy) is 2. The summed E-state index contributed by atoms with van der Waals surface area (Å²) in [7, 11) is -1.45. The minimum absolute atomic E-state index is 0.0285. The summed E-state index contributed by atoms with van der Waals surface area (Å²) in [4.78, 5) is 0. The maximum absolute atomic E-state index is 9.05. The van der Waals surface area contributed by atoms with Gasteiger partial charge in [-0.15, -0.1) is 0 Å². The van der Waals surface area contributed by atoms with Gasteiger partial charge in [0, 0.05) is 11.0 Å². The Kier molecular flexibility index (Phi) is 3.51. The molecule has 0 spiro atoms. The van der Waals surface area contributed by atoms with E-state index in [1.54, 1.807) is 24.3 Å². The first kappa shape index (κ1) is 13.6. The van der Waals surface area contributed by atoms with Crippen molar-refractivity contribution in [1.29, 1.82) is 0 Å². The smallest absolute Gasteiger partial charge is 0.423 e. The number of hydrogen-bond acceptors (Lipinski definition) is 4. The quantitative estimate of drug-likeness (QED) is 0.755. The van der Waals surface area contributed by atoms with Crippen molar-refractivity contribution in [2.24, 2.45) is 5.41 Å². The molecule has 1 saturated heterocycles. The lowest BCUT2D eigenvalue weighted by molar-refractivity contribution is -0.298. The van der Waals surface area contributed by atoms with Crippen LogP contribution in [0, 0.1) is 5.41 Å². The van der Waals surface area contributed by atoms with E-state index in [0.29, 0.717) is 18.7 Å². The summed E-state index contributed by atoms with van der Waals surface area (Å²) >= 11 is 0. The zero-order chi connectivity index (χ0) is 13.4. The molecule has 5 heteroatoms. The maximum Gasteiger partial charge on any atom is 0.488 e. The molecule has 2 rings (SSSR count). The molecule has 1 fully saturated rings. The standard InChI is InChI=1S/C13H19BO4/c1-12(2)8-17-13(3,18-9-12)10-4-6-11(7-5-10)14(15)16/h4-7,15-16H,8-9H2,1-3H3. The van der Waals surface area contributed by atoms with Gasteiger partial charge in [-0.05, 0) is 12.4 Å². The van der Waals surface area contributed by atoms with Gasteiger partial charge in [0.2, 0.25) is 0 Å². The van der Waals surface area contributed by atoms with Crippen LogP contribution in [-0.4, -0.2) is 30.4 Å². The molecule has 0 atom stereocenters. The molecular formula is C13H19BO4. The first-order valence-corrected chi connectivity index (χ1v) is 6.07. The zero-order valence-corrected chi connectivity index (χ0v) is 11.0. The third-order valence-corrected chi connectivity index (χ3v) is 3.21. The summed E-state index contributed by atoms with van der Waals surface area (Å²) in [6, 6.07) is 6.93. The van der Waals surface area contributed by atoms with Crippen molar-refractivity contribution in [3.8, 4) is 0 Å². The average molecular weight is 250 g/mol. The van der Waals surface area contributed by atoms with Gasteiger partial charge >= 0.3 is 7.12 Å². The van der Waals surface area contributed by atoms with Crippen LogP contribution in [0.25, 0.3) is 0 Å². The van der Waals surface area contributed by atoms with Gasteiger partial charge in [-0.1, -0.05) is 38.1 Å². The molecular weight excluding hydrogens is 231 g/mol. The van der Waals surface area contributed by atoms with E-state index in [9.17, 15) is 0 Å². The van der Waals surface area contributed by atoms with Crippen LogP contribution < -0.4 is 5.46 Å². The summed E-state index contributed by atoms with van der Waals surface area (Å²) in [5, 5.41) is 18.1. The molecule has 2 N–H and O–H groups in total. The Hall–Kier alpha value is -0.875. The molecule has 0 unspecified atom stereocenters. The Balaban J connectivity index is 2.16. The van der Waals surface area contributed by atoms with Gasteiger partial charge in [-0.25, -0.2) is 0 Å². The first-order chi connectivity index (χ1) is 8.32. The topological polar surface area (TPSA) is 58.9 Å². The van der Waals surface area contributed by atoms with Crippen molar-refractivity contribution in [3.63, 3.8) is 0 Å². The monoisotopic (exact) mass is 250 g/mol. The van der Waals surface area contributed by atoms with Gasteiger partial charge in [0.05, 0.1) is 13.2 Å². The highest BCUT2D eigenvalue weighted by molar-refractivity contribution is 6.58. The molecule has 0 aliphatic carbocycles. The van der Waals surface area contributed by atoms with Crippen LogP contribution in [0.3, 0.4) is 0 Å². The third-order valence-electron chi connectivity index (χ3n) is 3.21. The highest BCUT2D eigenvalue weighted by Gasteiger charge is 2.38. The van der Waals surface area contributed by atoms with Crippen molar-refractivity contribution < 1.29 is 19.5 Å². The molecule has 0 saturated carbocycles. The molecule has 0 radical (unpaired) electrons. The second-order valence-corrected chi connectivity index (χ2v) is 5.68. The summed E-state index contributed by atoms with van der Waals surface area (Å²) in [6.07, 6.45) is 0. The summed E-state index contributed by atoms with van der Waals surface area (Å²) in [5.41, 5.74) is 1.36. The molecule has 1 aromatic carbocycles. The lowest BCUT2D eigenvalue weighted by Gasteiger charge is -2.41. The maximum atomic E-state index is 9.05. The Morgan fingerprint density at radius 3 is 1.94 bits per heavy atom. The average Bonchev–Trinajstić information content (AvgIpc) is 2.34. The molecule has 4 nitrogen and oxygen atoms in total. The van der Waals surface area contributed by atoms with Crippen LogP contribution in [0.4, 0.5) is 0 Å². The highest BCUT2D eigenvalue weighted by atomic mass is 16.7. The number of rotatable bonds is 2. The second kappa shape index (κ2) is 4.66. The van der Waals surface area contributed by atoms with E-state index >= 15 is 0 Å². The van der Waals surface area contributed by atoms with Crippen LogP contribution in [0.1, 0.15) is 26.3 Å². The normalized spacial score (nSPS) is 21.6. The van der Waals surface area contributed by atoms with Crippen LogP contribution >= 0.6 is 0 Å². The molecule has 1 aromatic rings. The van der Waals surface area contributed by atoms with E-state index in [4.69, 9.17) is 19.5 Å². The van der Waals surface area contributed by atoms with Crippen molar-refractivity contribution in [2.75, 3.05) is 13.2 Å². The summed E-state index contributed by atoms with van der Waals surface area (Å²) < 4.78 is 11.6. The molecule has 1 aliphatic heterocycles. The largest absolute Gasteiger partial charge is 0.488 e. The predicted molar refractivity (Wildman–Crippen MR) is 69.3 cm³/mol.